The molecule has 0 bridgehead atoms. The number of hydrogen-bond donors (Lipinski definition) is 2. The standard InChI is InChI=1S/C18H16F2N4O/c1-10-5-11(2)7-13(6-10)25-18-16(21)17(22-9-23-18)24-15-4-3-12(19)8-14(15)20/h3-9H,21H2,1-2H3,(H,22,23,24). The van der Waals surface area contributed by atoms with Crippen molar-refractivity contribution in [2.24, 2.45) is 0 Å². The molecule has 0 aliphatic heterocycles. The van der Waals surface area contributed by atoms with E-state index < -0.39 is 11.6 Å². The van der Waals surface area contributed by atoms with E-state index in [1.165, 1.54) is 12.4 Å². The molecular formula is C18H16F2N4O. The highest BCUT2D eigenvalue weighted by Crippen LogP contribution is 2.32. The van der Waals surface area contributed by atoms with E-state index in [4.69, 9.17) is 10.5 Å². The van der Waals surface area contributed by atoms with Crippen molar-refractivity contribution in [3.8, 4) is 11.6 Å². The molecule has 2 aromatic carbocycles. The first-order valence-corrected chi connectivity index (χ1v) is 7.51. The maximum atomic E-state index is 13.8. The molecule has 25 heavy (non-hydrogen) atoms. The lowest BCUT2D eigenvalue weighted by atomic mass is 10.1. The molecule has 0 atom stereocenters. The molecule has 3 rings (SSSR count). The number of aromatic nitrogens is 2. The van der Waals surface area contributed by atoms with E-state index in [1.807, 2.05) is 32.0 Å². The Balaban J connectivity index is 1.89. The van der Waals surface area contributed by atoms with Gasteiger partial charge in [0, 0.05) is 6.07 Å². The minimum Gasteiger partial charge on any atom is -0.437 e. The second-order valence-corrected chi connectivity index (χ2v) is 5.62. The van der Waals surface area contributed by atoms with Gasteiger partial charge in [-0.15, -0.1) is 0 Å². The first-order chi connectivity index (χ1) is 11.9. The minimum absolute atomic E-state index is 0.0455. The number of nitrogens with one attached hydrogen (secondary N) is 1. The number of nitrogen functional groups attached to an aromatic ring is 1. The third-order valence-electron chi connectivity index (χ3n) is 3.44. The zero-order chi connectivity index (χ0) is 18.0. The van der Waals surface area contributed by atoms with Crippen molar-refractivity contribution in [2.45, 2.75) is 13.8 Å². The van der Waals surface area contributed by atoms with Gasteiger partial charge in [-0.3, -0.25) is 0 Å². The van der Waals surface area contributed by atoms with Gasteiger partial charge >= 0.3 is 0 Å². The van der Waals surface area contributed by atoms with Gasteiger partial charge in [-0.2, -0.15) is 4.98 Å². The van der Waals surface area contributed by atoms with Crippen molar-refractivity contribution >= 4 is 17.2 Å². The van der Waals surface area contributed by atoms with Crippen LogP contribution in [0.3, 0.4) is 0 Å². The molecule has 128 valence electrons. The fourth-order valence-corrected chi connectivity index (χ4v) is 2.38. The van der Waals surface area contributed by atoms with Gasteiger partial charge in [0.05, 0.1) is 5.69 Å². The van der Waals surface area contributed by atoms with Gasteiger partial charge in [-0.1, -0.05) is 6.07 Å². The molecule has 0 amide bonds. The summed E-state index contributed by atoms with van der Waals surface area (Å²) in [6, 6.07) is 8.88. The first-order valence-electron chi connectivity index (χ1n) is 7.51. The molecule has 1 aromatic heterocycles. The van der Waals surface area contributed by atoms with Crippen molar-refractivity contribution in [3.63, 3.8) is 0 Å². The first kappa shape index (κ1) is 16.6. The summed E-state index contributed by atoms with van der Waals surface area (Å²) >= 11 is 0. The number of benzene rings is 2. The van der Waals surface area contributed by atoms with Gasteiger partial charge in [-0.05, 0) is 49.2 Å². The summed E-state index contributed by atoms with van der Waals surface area (Å²) in [7, 11) is 0. The summed E-state index contributed by atoms with van der Waals surface area (Å²) < 4.78 is 32.5. The fraction of sp³-hybridized carbons (Fsp3) is 0.111. The van der Waals surface area contributed by atoms with Crippen LogP contribution in [0.2, 0.25) is 0 Å². The van der Waals surface area contributed by atoms with Gasteiger partial charge in [0.1, 0.15) is 29.4 Å². The molecule has 0 aliphatic rings. The van der Waals surface area contributed by atoms with Crippen LogP contribution in [0.1, 0.15) is 11.1 Å². The number of ether oxygens (including phenoxy) is 1. The molecule has 0 unspecified atom stereocenters. The summed E-state index contributed by atoms with van der Waals surface area (Å²) in [5.41, 5.74) is 8.26. The molecule has 3 aromatic rings. The number of rotatable bonds is 4. The number of nitrogens with two attached hydrogens (primary N) is 1. The van der Waals surface area contributed by atoms with E-state index in [1.54, 1.807) is 0 Å². The highest BCUT2D eigenvalue weighted by Gasteiger charge is 2.13. The van der Waals surface area contributed by atoms with Crippen molar-refractivity contribution in [3.05, 3.63) is 65.5 Å². The van der Waals surface area contributed by atoms with Gasteiger partial charge in [0.15, 0.2) is 5.82 Å². The van der Waals surface area contributed by atoms with Crippen LogP contribution in [0.25, 0.3) is 0 Å². The van der Waals surface area contributed by atoms with Crippen molar-refractivity contribution in [1.82, 2.24) is 9.97 Å². The molecule has 7 heteroatoms. The second-order valence-electron chi connectivity index (χ2n) is 5.62. The average molecular weight is 342 g/mol. The Kier molecular flexibility index (Phi) is 4.47. The molecule has 5 nitrogen and oxygen atoms in total. The topological polar surface area (TPSA) is 73.1 Å². The van der Waals surface area contributed by atoms with E-state index in [0.29, 0.717) is 5.75 Å². The Morgan fingerprint density at radius 3 is 2.40 bits per heavy atom. The molecule has 0 saturated heterocycles. The summed E-state index contributed by atoms with van der Waals surface area (Å²) in [5.74, 6) is -0.529. The van der Waals surface area contributed by atoms with E-state index in [-0.39, 0.29) is 23.1 Å². The smallest absolute Gasteiger partial charge is 0.248 e. The molecule has 0 spiro atoms. The second kappa shape index (κ2) is 6.72. The quantitative estimate of drug-likeness (QED) is 0.731. The molecular weight excluding hydrogens is 326 g/mol. The maximum Gasteiger partial charge on any atom is 0.248 e. The van der Waals surface area contributed by atoms with Gasteiger partial charge in [-0.25, -0.2) is 13.8 Å². The monoisotopic (exact) mass is 342 g/mol. The summed E-state index contributed by atoms with van der Waals surface area (Å²) in [5, 5.41) is 2.72. The zero-order valence-corrected chi connectivity index (χ0v) is 13.7. The lowest BCUT2D eigenvalue weighted by Crippen LogP contribution is -2.04. The van der Waals surface area contributed by atoms with Crippen molar-refractivity contribution in [1.29, 1.82) is 0 Å². The minimum atomic E-state index is -0.755. The fourth-order valence-electron chi connectivity index (χ4n) is 2.38. The third kappa shape index (κ3) is 3.82. The normalized spacial score (nSPS) is 10.6. The van der Waals surface area contributed by atoms with Crippen LogP contribution in [0.5, 0.6) is 11.6 Å². The highest BCUT2D eigenvalue weighted by molar-refractivity contribution is 5.72. The number of halogens is 2. The number of nitrogens with zero attached hydrogens (tertiary/aromatic N) is 2. The zero-order valence-electron chi connectivity index (χ0n) is 13.7. The highest BCUT2D eigenvalue weighted by atomic mass is 19.1. The number of aryl methyl sites for hydroxylation is 2. The van der Waals surface area contributed by atoms with Crippen LogP contribution < -0.4 is 15.8 Å². The Bertz CT molecular complexity index is 911. The Hall–Kier alpha value is -3.22. The van der Waals surface area contributed by atoms with Gasteiger partial charge in [0.2, 0.25) is 5.88 Å². The van der Waals surface area contributed by atoms with Crippen LogP contribution in [-0.2, 0) is 0 Å². The van der Waals surface area contributed by atoms with E-state index in [9.17, 15) is 8.78 Å². The van der Waals surface area contributed by atoms with Crippen molar-refractivity contribution < 1.29 is 13.5 Å². The third-order valence-corrected chi connectivity index (χ3v) is 3.44. The van der Waals surface area contributed by atoms with Gasteiger partial charge < -0.3 is 15.8 Å². The van der Waals surface area contributed by atoms with Crippen LogP contribution in [0.15, 0.2) is 42.7 Å². The van der Waals surface area contributed by atoms with Crippen molar-refractivity contribution in [2.75, 3.05) is 11.1 Å². The predicted octanol–water partition coefficient (Wildman–Crippen LogP) is 4.49. The largest absolute Gasteiger partial charge is 0.437 e. The average Bonchev–Trinajstić information content (AvgIpc) is 2.52. The Morgan fingerprint density at radius 1 is 1.00 bits per heavy atom. The van der Waals surface area contributed by atoms with Gasteiger partial charge in [0.25, 0.3) is 0 Å². The predicted molar refractivity (Wildman–Crippen MR) is 92.1 cm³/mol. The molecule has 0 aliphatic carbocycles. The Morgan fingerprint density at radius 2 is 1.72 bits per heavy atom. The van der Waals surface area contributed by atoms with Crippen LogP contribution in [-0.4, -0.2) is 9.97 Å². The van der Waals surface area contributed by atoms with E-state index >= 15 is 0 Å². The van der Waals surface area contributed by atoms with Crippen LogP contribution in [0.4, 0.5) is 26.0 Å². The van der Waals surface area contributed by atoms with Crippen LogP contribution >= 0.6 is 0 Å². The maximum absolute atomic E-state index is 13.8. The van der Waals surface area contributed by atoms with E-state index in [2.05, 4.69) is 15.3 Å². The summed E-state index contributed by atoms with van der Waals surface area (Å²) in [6.07, 6.45) is 1.25. The van der Waals surface area contributed by atoms with Crippen LogP contribution in [0, 0.1) is 25.5 Å². The SMILES string of the molecule is Cc1cc(C)cc(Oc2ncnc(Nc3ccc(F)cc3F)c2N)c1. The molecule has 1 heterocycles. The molecule has 0 fully saturated rings. The number of hydrogen-bond acceptors (Lipinski definition) is 5. The molecule has 3 N–H and O–H groups in total. The molecule has 0 radical (unpaired) electrons. The molecule has 0 saturated carbocycles. The Labute approximate surface area is 143 Å². The van der Waals surface area contributed by atoms with E-state index in [0.717, 1.165) is 23.3 Å². The summed E-state index contributed by atoms with van der Waals surface area (Å²) in [4.78, 5) is 8.01. The summed E-state index contributed by atoms with van der Waals surface area (Å²) in [6.45, 7) is 3.90. The lowest BCUT2D eigenvalue weighted by molar-refractivity contribution is 0.464. The lowest BCUT2D eigenvalue weighted by Gasteiger charge is -2.13. The number of anilines is 3.